The van der Waals surface area contributed by atoms with E-state index in [4.69, 9.17) is 0 Å². The number of carbonyl (C=O) groups is 1. The van der Waals surface area contributed by atoms with Gasteiger partial charge in [0.25, 0.3) is 5.91 Å². The molecule has 23 heavy (non-hydrogen) atoms. The number of rotatable bonds is 6. The molecule has 2 N–H and O–H groups in total. The van der Waals surface area contributed by atoms with Gasteiger partial charge in [-0.2, -0.15) is 0 Å². The Morgan fingerprint density at radius 3 is 2.57 bits per heavy atom. The minimum Gasteiger partial charge on any atom is -0.383 e. The molecule has 4 heteroatoms. The molecule has 0 bridgehead atoms. The summed E-state index contributed by atoms with van der Waals surface area (Å²) in [4.78, 5) is 16.4. The summed E-state index contributed by atoms with van der Waals surface area (Å²) >= 11 is 0. The first-order valence-electron chi connectivity index (χ1n) is 8.36. The van der Waals surface area contributed by atoms with Gasteiger partial charge >= 0.3 is 0 Å². The first kappa shape index (κ1) is 15.5. The smallest absolute Gasteiger partial charge is 0.270 e. The maximum absolute atomic E-state index is 12.1. The number of anilines is 1. The number of hydrogen-bond acceptors (Lipinski definition) is 3. The van der Waals surface area contributed by atoms with Crippen molar-refractivity contribution in [1.29, 1.82) is 0 Å². The van der Waals surface area contributed by atoms with Crippen molar-refractivity contribution in [2.75, 3.05) is 11.9 Å². The van der Waals surface area contributed by atoms with Gasteiger partial charge in [-0.15, -0.1) is 0 Å². The number of nitrogens with zero attached hydrogens (tertiary/aromatic N) is 1. The van der Waals surface area contributed by atoms with Gasteiger partial charge in [0.2, 0.25) is 0 Å². The lowest BCUT2D eigenvalue weighted by molar-refractivity contribution is 0.0933. The third-order valence-corrected chi connectivity index (χ3v) is 4.27. The topological polar surface area (TPSA) is 54.0 Å². The average molecular weight is 309 g/mol. The number of amides is 1. The van der Waals surface area contributed by atoms with E-state index >= 15 is 0 Å². The zero-order chi connectivity index (χ0) is 15.9. The lowest BCUT2D eigenvalue weighted by atomic mass is 10.1. The molecule has 4 nitrogen and oxygen atoms in total. The Balaban J connectivity index is 1.47. The summed E-state index contributed by atoms with van der Waals surface area (Å²) in [5.74, 6) is -0.0623. The molecule has 1 heterocycles. The molecule has 120 valence electrons. The van der Waals surface area contributed by atoms with E-state index < -0.39 is 0 Å². The van der Waals surface area contributed by atoms with Crippen molar-refractivity contribution >= 4 is 11.6 Å². The quantitative estimate of drug-likeness (QED) is 0.860. The van der Waals surface area contributed by atoms with Gasteiger partial charge in [-0.1, -0.05) is 43.2 Å². The Labute approximate surface area is 137 Å². The number of nitrogens with one attached hydrogen (secondary N) is 2. The van der Waals surface area contributed by atoms with Crippen molar-refractivity contribution in [3.05, 3.63) is 59.9 Å². The first-order valence-corrected chi connectivity index (χ1v) is 8.36. The van der Waals surface area contributed by atoms with Crippen LogP contribution in [0.5, 0.6) is 0 Å². The molecule has 1 aromatic heterocycles. The molecule has 3 rings (SSSR count). The monoisotopic (exact) mass is 309 g/mol. The van der Waals surface area contributed by atoms with Crippen LogP contribution in [-0.4, -0.2) is 23.5 Å². The molecule has 1 fully saturated rings. The molecule has 0 saturated heterocycles. The van der Waals surface area contributed by atoms with Crippen LogP contribution in [-0.2, 0) is 6.42 Å². The molecule has 1 aromatic carbocycles. The summed E-state index contributed by atoms with van der Waals surface area (Å²) in [5, 5.41) is 6.40. The molecule has 0 aliphatic heterocycles. The van der Waals surface area contributed by atoms with Crippen LogP contribution in [0.4, 0.5) is 5.69 Å². The number of benzene rings is 1. The van der Waals surface area contributed by atoms with Crippen LogP contribution in [0.2, 0.25) is 0 Å². The highest BCUT2D eigenvalue weighted by molar-refractivity contribution is 5.92. The second kappa shape index (κ2) is 7.77. The lowest BCUT2D eigenvalue weighted by Crippen LogP contribution is -2.33. The summed E-state index contributed by atoms with van der Waals surface area (Å²) < 4.78 is 0. The van der Waals surface area contributed by atoms with E-state index in [2.05, 4.69) is 39.9 Å². The van der Waals surface area contributed by atoms with Crippen LogP contribution in [0.15, 0.2) is 48.7 Å². The van der Waals surface area contributed by atoms with Crippen molar-refractivity contribution in [1.82, 2.24) is 10.3 Å². The first-order chi connectivity index (χ1) is 11.3. The highest BCUT2D eigenvalue weighted by Crippen LogP contribution is 2.18. The summed E-state index contributed by atoms with van der Waals surface area (Å²) in [6.45, 7) is 0.847. The number of pyridine rings is 1. The van der Waals surface area contributed by atoms with Crippen LogP contribution in [0.1, 0.15) is 41.7 Å². The fraction of sp³-hybridized carbons (Fsp3) is 0.368. The summed E-state index contributed by atoms with van der Waals surface area (Å²) in [7, 11) is 0. The van der Waals surface area contributed by atoms with Crippen molar-refractivity contribution in [3.63, 3.8) is 0 Å². The van der Waals surface area contributed by atoms with Crippen LogP contribution in [0, 0.1) is 0 Å². The van der Waals surface area contributed by atoms with E-state index in [0.29, 0.717) is 11.7 Å². The maximum Gasteiger partial charge on any atom is 0.270 e. The number of aromatic nitrogens is 1. The van der Waals surface area contributed by atoms with Gasteiger partial charge in [0.1, 0.15) is 5.69 Å². The van der Waals surface area contributed by atoms with Crippen molar-refractivity contribution in [2.45, 2.75) is 38.1 Å². The second-order valence-corrected chi connectivity index (χ2v) is 6.05. The highest BCUT2D eigenvalue weighted by Gasteiger charge is 2.18. The van der Waals surface area contributed by atoms with Gasteiger partial charge in [0.05, 0.1) is 11.9 Å². The zero-order valence-corrected chi connectivity index (χ0v) is 13.3. The molecule has 2 aromatic rings. The Bertz CT molecular complexity index is 619. The predicted octanol–water partition coefficient (Wildman–Crippen LogP) is 3.41. The molecular formula is C19H23N3O. The molecule has 1 aliphatic carbocycles. The maximum atomic E-state index is 12.1. The van der Waals surface area contributed by atoms with Gasteiger partial charge in [-0.25, -0.2) is 4.98 Å². The summed E-state index contributed by atoms with van der Waals surface area (Å²) in [6.07, 6.45) is 7.29. The number of hydrogen-bond donors (Lipinski definition) is 2. The SMILES string of the molecule is O=C(NC1CCCC1)c1ccc(NCCc2ccccc2)cn1. The number of carbonyl (C=O) groups excluding carboxylic acids is 1. The van der Waals surface area contributed by atoms with Crippen molar-refractivity contribution in [3.8, 4) is 0 Å². The lowest BCUT2D eigenvalue weighted by Gasteiger charge is -2.11. The molecule has 1 saturated carbocycles. The molecule has 0 radical (unpaired) electrons. The Hall–Kier alpha value is -2.36. The van der Waals surface area contributed by atoms with Crippen LogP contribution >= 0.6 is 0 Å². The highest BCUT2D eigenvalue weighted by atomic mass is 16.1. The van der Waals surface area contributed by atoms with Crippen LogP contribution in [0.25, 0.3) is 0 Å². The molecule has 0 atom stereocenters. The third kappa shape index (κ3) is 4.55. The van der Waals surface area contributed by atoms with E-state index in [-0.39, 0.29) is 5.91 Å². The fourth-order valence-electron chi connectivity index (χ4n) is 2.96. The Kier molecular flexibility index (Phi) is 5.25. The largest absolute Gasteiger partial charge is 0.383 e. The predicted molar refractivity (Wildman–Crippen MR) is 92.6 cm³/mol. The Morgan fingerprint density at radius 1 is 1.09 bits per heavy atom. The van der Waals surface area contributed by atoms with E-state index in [1.807, 2.05) is 12.1 Å². The molecule has 1 amide bonds. The fourth-order valence-corrected chi connectivity index (χ4v) is 2.96. The average Bonchev–Trinajstić information content (AvgIpc) is 3.09. The molecule has 0 unspecified atom stereocenters. The standard InChI is InChI=1S/C19H23N3O/c23-19(22-16-8-4-5-9-16)18-11-10-17(14-21-18)20-13-12-15-6-2-1-3-7-15/h1-3,6-7,10-11,14,16,20H,4-5,8-9,12-13H2,(H,22,23). The van der Waals surface area contributed by atoms with Crippen molar-refractivity contribution in [2.24, 2.45) is 0 Å². The van der Waals surface area contributed by atoms with Crippen LogP contribution in [0.3, 0.4) is 0 Å². The third-order valence-electron chi connectivity index (χ3n) is 4.27. The zero-order valence-electron chi connectivity index (χ0n) is 13.3. The van der Waals surface area contributed by atoms with Gasteiger partial charge in [0, 0.05) is 12.6 Å². The minimum absolute atomic E-state index is 0.0623. The van der Waals surface area contributed by atoms with Crippen LogP contribution < -0.4 is 10.6 Å². The van der Waals surface area contributed by atoms with E-state index in [1.54, 1.807) is 12.3 Å². The van der Waals surface area contributed by atoms with Crippen molar-refractivity contribution < 1.29 is 4.79 Å². The van der Waals surface area contributed by atoms with E-state index in [0.717, 1.165) is 31.5 Å². The van der Waals surface area contributed by atoms with Gasteiger partial charge in [0.15, 0.2) is 0 Å². The molecule has 0 spiro atoms. The van der Waals surface area contributed by atoms with Gasteiger partial charge in [-0.05, 0) is 37.0 Å². The Morgan fingerprint density at radius 2 is 1.87 bits per heavy atom. The van der Waals surface area contributed by atoms with E-state index in [1.165, 1.54) is 18.4 Å². The van der Waals surface area contributed by atoms with Gasteiger partial charge < -0.3 is 10.6 Å². The summed E-state index contributed by atoms with van der Waals surface area (Å²) in [6, 6.07) is 14.4. The molecule has 1 aliphatic rings. The second-order valence-electron chi connectivity index (χ2n) is 6.05. The van der Waals surface area contributed by atoms with Gasteiger partial charge in [-0.3, -0.25) is 4.79 Å². The molecular weight excluding hydrogens is 286 g/mol. The van der Waals surface area contributed by atoms with E-state index in [9.17, 15) is 4.79 Å². The minimum atomic E-state index is -0.0623. The normalized spacial score (nSPS) is 14.6. The summed E-state index contributed by atoms with van der Waals surface area (Å²) in [5.41, 5.74) is 2.74.